The van der Waals surface area contributed by atoms with E-state index in [4.69, 9.17) is 9.47 Å². The first-order valence-corrected chi connectivity index (χ1v) is 12.5. The van der Waals surface area contributed by atoms with Crippen molar-refractivity contribution in [2.24, 2.45) is 0 Å². The number of rotatable bonds is 9. The van der Waals surface area contributed by atoms with Crippen LogP contribution in [0.5, 0.6) is 6.01 Å². The zero-order chi connectivity index (χ0) is 25.1. The predicted octanol–water partition coefficient (Wildman–Crippen LogP) is 2.19. The number of nitrogens with one attached hydrogen (secondary N) is 2. The van der Waals surface area contributed by atoms with Crippen LogP contribution in [0, 0.1) is 0 Å². The van der Waals surface area contributed by atoms with Gasteiger partial charge in [-0.2, -0.15) is 15.0 Å². The van der Waals surface area contributed by atoms with Crippen molar-refractivity contribution in [2.75, 3.05) is 38.3 Å². The van der Waals surface area contributed by atoms with E-state index >= 15 is 0 Å². The standard InChI is InChI=1S/C25H33N7O4/c1-16(14-35-2)36-24-30-21(22(33)28-15-25(34)8-4-9-25)29-23(31-24)32-11-6-17(7-12-32)19-13-27-20-18(19)5-3-10-26-20/h3,5,10,13,16-17,34H,4,6-9,11-12,14-15H2,1-2H3,(H,26,27)(H,28,33). The number of H-pyrrole nitrogens is 1. The van der Waals surface area contributed by atoms with Gasteiger partial charge in [0.1, 0.15) is 11.8 Å². The molecule has 36 heavy (non-hydrogen) atoms. The zero-order valence-corrected chi connectivity index (χ0v) is 20.7. The minimum absolute atomic E-state index is 0.0210. The predicted molar refractivity (Wildman–Crippen MR) is 133 cm³/mol. The summed E-state index contributed by atoms with van der Waals surface area (Å²) in [5.41, 5.74) is 1.35. The van der Waals surface area contributed by atoms with Crippen LogP contribution in [0.3, 0.4) is 0 Å². The molecule has 4 heterocycles. The van der Waals surface area contributed by atoms with Crippen molar-refractivity contribution in [3.05, 3.63) is 35.9 Å². The monoisotopic (exact) mass is 495 g/mol. The third kappa shape index (κ3) is 5.26. The lowest BCUT2D eigenvalue weighted by molar-refractivity contribution is -0.0301. The molecule has 0 aromatic carbocycles. The second kappa shape index (κ2) is 10.4. The molecular weight excluding hydrogens is 462 g/mol. The van der Waals surface area contributed by atoms with Gasteiger partial charge in [-0.05, 0) is 62.6 Å². The minimum atomic E-state index is -0.836. The van der Waals surface area contributed by atoms with E-state index in [1.54, 1.807) is 13.3 Å². The number of fused-ring (bicyclic) bond motifs is 1. The molecule has 1 saturated heterocycles. The molecule has 192 valence electrons. The Labute approximate surface area is 209 Å². The molecule has 1 atom stereocenters. The van der Waals surface area contributed by atoms with E-state index in [-0.39, 0.29) is 24.5 Å². The normalized spacial score (nSPS) is 18.6. The molecule has 3 N–H and O–H groups in total. The van der Waals surface area contributed by atoms with Gasteiger partial charge in [0.05, 0.1) is 12.2 Å². The number of amides is 1. The summed E-state index contributed by atoms with van der Waals surface area (Å²) in [5.74, 6) is 0.331. The first-order chi connectivity index (χ1) is 17.4. The maximum atomic E-state index is 12.9. The first kappa shape index (κ1) is 24.4. The second-order valence-electron chi connectivity index (χ2n) is 9.79. The van der Waals surface area contributed by atoms with Gasteiger partial charge in [-0.1, -0.05) is 0 Å². The molecule has 1 saturated carbocycles. The number of nitrogens with zero attached hydrogens (tertiary/aromatic N) is 5. The summed E-state index contributed by atoms with van der Waals surface area (Å²) in [6, 6.07) is 4.14. The first-order valence-electron chi connectivity index (χ1n) is 12.5. The molecule has 0 radical (unpaired) electrons. The van der Waals surface area contributed by atoms with Crippen LogP contribution in [-0.2, 0) is 4.74 Å². The van der Waals surface area contributed by atoms with Crippen LogP contribution < -0.4 is 15.0 Å². The molecule has 11 heteroatoms. The second-order valence-corrected chi connectivity index (χ2v) is 9.79. The van der Waals surface area contributed by atoms with Crippen LogP contribution >= 0.6 is 0 Å². The molecule has 1 aliphatic carbocycles. The Hall–Kier alpha value is -3.31. The Kier molecular flexibility index (Phi) is 7.01. The Morgan fingerprint density at radius 3 is 2.83 bits per heavy atom. The Morgan fingerprint density at radius 1 is 1.31 bits per heavy atom. The number of pyridine rings is 1. The van der Waals surface area contributed by atoms with Crippen LogP contribution in [-0.4, -0.2) is 81.0 Å². The lowest BCUT2D eigenvalue weighted by atomic mass is 9.80. The van der Waals surface area contributed by atoms with Crippen molar-refractivity contribution < 1.29 is 19.4 Å². The number of carbonyl (C=O) groups is 1. The third-order valence-electron chi connectivity index (χ3n) is 7.08. The van der Waals surface area contributed by atoms with Gasteiger partial charge in [-0.25, -0.2) is 4.98 Å². The molecule has 11 nitrogen and oxygen atoms in total. The topological polar surface area (TPSA) is 138 Å². The van der Waals surface area contributed by atoms with Crippen molar-refractivity contribution in [2.45, 2.75) is 56.7 Å². The molecule has 1 amide bonds. The van der Waals surface area contributed by atoms with Crippen molar-refractivity contribution >= 4 is 22.9 Å². The molecule has 0 bridgehead atoms. The average molecular weight is 496 g/mol. The molecule has 0 spiro atoms. The number of methoxy groups -OCH3 is 1. The van der Waals surface area contributed by atoms with Gasteiger partial charge in [0.15, 0.2) is 0 Å². The van der Waals surface area contributed by atoms with E-state index in [0.29, 0.717) is 31.3 Å². The summed E-state index contributed by atoms with van der Waals surface area (Å²) in [4.78, 5) is 35.9. The van der Waals surface area contributed by atoms with Crippen LogP contribution in [0.4, 0.5) is 5.95 Å². The average Bonchev–Trinajstić information content (AvgIpc) is 3.30. The van der Waals surface area contributed by atoms with Crippen LogP contribution in [0.15, 0.2) is 24.5 Å². The summed E-state index contributed by atoms with van der Waals surface area (Å²) in [6.07, 6.45) is 7.71. The van der Waals surface area contributed by atoms with E-state index in [9.17, 15) is 9.90 Å². The summed E-state index contributed by atoms with van der Waals surface area (Å²) in [5, 5.41) is 14.3. The number of anilines is 1. The number of hydrogen-bond donors (Lipinski definition) is 3. The van der Waals surface area contributed by atoms with Gasteiger partial charge >= 0.3 is 6.01 Å². The Bertz CT molecular complexity index is 1200. The van der Waals surface area contributed by atoms with Crippen LogP contribution in [0.2, 0.25) is 0 Å². The Morgan fingerprint density at radius 2 is 2.11 bits per heavy atom. The number of aliphatic hydroxyl groups is 1. The summed E-state index contributed by atoms with van der Waals surface area (Å²) in [6.45, 7) is 3.85. The molecule has 1 unspecified atom stereocenters. The van der Waals surface area contributed by atoms with Gasteiger partial charge in [-0.15, -0.1) is 0 Å². The van der Waals surface area contributed by atoms with Crippen LogP contribution in [0.1, 0.15) is 61.1 Å². The van der Waals surface area contributed by atoms with Gasteiger partial charge in [0.25, 0.3) is 5.91 Å². The van der Waals surface area contributed by atoms with Crippen molar-refractivity contribution in [3.8, 4) is 6.01 Å². The summed E-state index contributed by atoms with van der Waals surface area (Å²) in [7, 11) is 1.59. The summed E-state index contributed by atoms with van der Waals surface area (Å²) < 4.78 is 11.0. The van der Waals surface area contributed by atoms with Gasteiger partial charge in [0, 0.05) is 44.5 Å². The van der Waals surface area contributed by atoms with Crippen LogP contribution in [0.25, 0.3) is 11.0 Å². The molecule has 1 aliphatic heterocycles. The fraction of sp³-hybridized carbons (Fsp3) is 0.560. The zero-order valence-electron chi connectivity index (χ0n) is 20.7. The highest BCUT2D eigenvalue weighted by atomic mass is 16.5. The van der Waals surface area contributed by atoms with E-state index in [2.05, 4.69) is 47.4 Å². The smallest absolute Gasteiger partial charge is 0.322 e. The number of hydrogen-bond acceptors (Lipinski definition) is 9. The molecule has 5 rings (SSSR count). The number of carbonyl (C=O) groups excluding carboxylic acids is 1. The highest BCUT2D eigenvalue weighted by Crippen LogP contribution is 2.34. The molecule has 3 aromatic rings. The molecule has 2 aliphatic rings. The van der Waals surface area contributed by atoms with E-state index in [1.165, 1.54) is 5.56 Å². The number of ether oxygens (including phenoxy) is 2. The van der Waals surface area contributed by atoms with Gasteiger partial charge < -0.3 is 29.8 Å². The fourth-order valence-electron chi connectivity index (χ4n) is 4.88. The number of aromatic amines is 1. The molecule has 2 fully saturated rings. The lowest BCUT2D eigenvalue weighted by Gasteiger charge is -2.36. The quantitative estimate of drug-likeness (QED) is 0.408. The van der Waals surface area contributed by atoms with Crippen molar-refractivity contribution in [1.82, 2.24) is 30.2 Å². The molecule has 3 aromatic heterocycles. The Balaban J connectivity index is 1.31. The van der Waals surface area contributed by atoms with Crippen molar-refractivity contribution in [1.29, 1.82) is 0 Å². The molecular formula is C25H33N7O4. The maximum absolute atomic E-state index is 12.9. The number of aromatic nitrogens is 5. The van der Waals surface area contributed by atoms with E-state index in [0.717, 1.165) is 43.4 Å². The lowest BCUT2D eigenvalue weighted by Crippen LogP contribution is -2.48. The highest BCUT2D eigenvalue weighted by Gasteiger charge is 2.35. The third-order valence-corrected chi connectivity index (χ3v) is 7.08. The van der Waals surface area contributed by atoms with Crippen molar-refractivity contribution in [3.63, 3.8) is 0 Å². The number of piperidine rings is 1. The van der Waals surface area contributed by atoms with E-state index in [1.807, 2.05) is 13.0 Å². The van der Waals surface area contributed by atoms with Gasteiger partial charge in [-0.3, -0.25) is 4.79 Å². The van der Waals surface area contributed by atoms with E-state index < -0.39 is 11.5 Å². The SMILES string of the molecule is COCC(C)Oc1nc(C(=O)NCC2(O)CCC2)nc(N2CCC(c3c[nH]c4ncccc34)CC2)n1. The maximum Gasteiger partial charge on any atom is 0.322 e. The minimum Gasteiger partial charge on any atom is -0.458 e. The summed E-state index contributed by atoms with van der Waals surface area (Å²) >= 11 is 0. The largest absolute Gasteiger partial charge is 0.458 e. The fourth-order valence-corrected chi connectivity index (χ4v) is 4.88. The highest BCUT2D eigenvalue weighted by molar-refractivity contribution is 5.90. The van der Waals surface area contributed by atoms with Gasteiger partial charge in [0.2, 0.25) is 11.8 Å².